The number of benzene rings is 2. The van der Waals surface area contributed by atoms with E-state index in [1.54, 1.807) is 24.3 Å². The largest absolute Gasteiger partial charge is 0.465 e. The van der Waals surface area contributed by atoms with Gasteiger partial charge in [0.2, 0.25) is 5.52 Å². The van der Waals surface area contributed by atoms with E-state index >= 15 is 0 Å². The van der Waals surface area contributed by atoms with Gasteiger partial charge in [-0.2, -0.15) is 0 Å². The average Bonchev–Trinajstić information content (AvgIpc) is 2.81. The minimum atomic E-state index is -3.54. The molecule has 2 atom stereocenters. The van der Waals surface area contributed by atoms with Gasteiger partial charge in [0.25, 0.3) is 0 Å². The Hall–Kier alpha value is -2.19. The SMILES string of the molecule is CCCCC(CC)COC(=O)CCP(=O)(C(=O)c1c(C)cc(C)c(C)c1C)c1ccccc1. The van der Waals surface area contributed by atoms with Crippen LogP contribution in [0.5, 0.6) is 0 Å². The van der Waals surface area contributed by atoms with Gasteiger partial charge in [0.15, 0.2) is 7.14 Å². The second-order valence-electron chi connectivity index (χ2n) is 9.09. The van der Waals surface area contributed by atoms with Crippen LogP contribution in [-0.2, 0) is 14.1 Å². The van der Waals surface area contributed by atoms with Crippen molar-refractivity contribution < 1.29 is 18.9 Å². The maximum Gasteiger partial charge on any atom is 0.306 e. The summed E-state index contributed by atoms with van der Waals surface area (Å²) < 4.78 is 19.8. The van der Waals surface area contributed by atoms with E-state index in [4.69, 9.17) is 4.74 Å². The molecule has 0 aromatic heterocycles. The first-order valence-electron chi connectivity index (χ1n) is 12.1. The maximum atomic E-state index is 14.3. The van der Waals surface area contributed by atoms with Crippen molar-refractivity contribution in [2.45, 2.75) is 73.6 Å². The molecule has 0 N–H and O–H groups in total. The molecule has 0 spiro atoms. The molecular formula is C28H39O4P. The van der Waals surface area contributed by atoms with Crippen LogP contribution < -0.4 is 5.30 Å². The lowest BCUT2D eigenvalue weighted by Gasteiger charge is -2.21. The number of carbonyl (C=O) groups excluding carboxylic acids is 2. The van der Waals surface area contributed by atoms with Gasteiger partial charge in [-0.05, 0) is 62.3 Å². The van der Waals surface area contributed by atoms with Crippen LogP contribution in [0, 0.1) is 33.6 Å². The zero-order valence-electron chi connectivity index (χ0n) is 21.1. The first-order chi connectivity index (χ1) is 15.7. The zero-order valence-corrected chi connectivity index (χ0v) is 22.0. The van der Waals surface area contributed by atoms with Crippen molar-refractivity contribution in [1.29, 1.82) is 0 Å². The van der Waals surface area contributed by atoms with Gasteiger partial charge < -0.3 is 9.30 Å². The summed E-state index contributed by atoms with van der Waals surface area (Å²) >= 11 is 0. The topological polar surface area (TPSA) is 60.4 Å². The van der Waals surface area contributed by atoms with Crippen molar-refractivity contribution >= 4 is 23.9 Å². The Morgan fingerprint density at radius 3 is 2.24 bits per heavy atom. The van der Waals surface area contributed by atoms with E-state index < -0.39 is 7.14 Å². The van der Waals surface area contributed by atoms with Crippen LogP contribution in [0.25, 0.3) is 0 Å². The molecule has 0 bridgehead atoms. The minimum absolute atomic E-state index is 0.0216. The Morgan fingerprint density at radius 2 is 1.64 bits per heavy atom. The van der Waals surface area contributed by atoms with Crippen LogP contribution in [0.3, 0.4) is 0 Å². The summed E-state index contributed by atoms with van der Waals surface area (Å²) in [6.07, 6.45) is 4.16. The van der Waals surface area contributed by atoms with E-state index in [1.165, 1.54) is 0 Å². The molecule has 0 aliphatic rings. The highest BCUT2D eigenvalue weighted by atomic mass is 31.2. The van der Waals surface area contributed by atoms with Crippen molar-refractivity contribution in [2.75, 3.05) is 12.8 Å². The van der Waals surface area contributed by atoms with Crippen LogP contribution in [0.2, 0.25) is 0 Å². The van der Waals surface area contributed by atoms with Crippen molar-refractivity contribution in [3.05, 3.63) is 64.2 Å². The molecule has 0 heterocycles. The van der Waals surface area contributed by atoms with Crippen LogP contribution in [0.1, 0.15) is 78.6 Å². The van der Waals surface area contributed by atoms with E-state index in [0.29, 0.717) is 23.4 Å². The van der Waals surface area contributed by atoms with Crippen LogP contribution in [0.4, 0.5) is 0 Å². The fraction of sp³-hybridized carbons (Fsp3) is 0.500. The van der Waals surface area contributed by atoms with Gasteiger partial charge in [0.1, 0.15) is 0 Å². The minimum Gasteiger partial charge on any atom is -0.465 e. The highest BCUT2D eigenvalue weighted by Crippen LogP contribution is 2.49. The number of ether oxygens (including phenoxy) is 1. The molecule has 0 radical (unpaired) electrons. The van der Waals surface area contributed by atoms with E-state index in [-0.39, 0.29) is 24.1 Å². The molecule has 33 heavy (non-hydrogen) atoms. The summed E-state index contributed by atoms with van der Waals surface area (Å²) in [4.78, 5) is 26.4. The third-order valence-electron chi connectivity index (χ3n) is 6.73. The number of hydrogen-bond acceptors (Lipinski definition) is 4. The molecule has 0 amide bonds. The Balaban J connectivity index is 2.28. The second-order valence-corrected chi connectivity index (χ2v) is 11.9. The van der Waals surface area contributed by atoms with Crippen LogP contribution >= 0.6 is 7.14 Å². The highest BCUT2D eigenvalue weighted by molar-refractivity contribution is 7.87. The standard InChI is InChI=1S/C28H39O4P/c1-7-9-13-24(8-2)19-32-26(29)16-17-33(31,25-14-11-10-12-15-25)28(30)27-21(4)18-20(3)22(5)23(27)6/h10-12,14-15,18,24H,7-9,13,16-17,19H2,1-6H3. The number of unbranched alkanes of at least 4 members (excludes halogenated alkanes) is 1. The van der Waals surface area contributed by atoms with Crippen LogP contribution in [-0.4, -0.2) is 24.3 Å². The summed E-state index contributed by atoms with van der Waals surface area (Å²) in [5.74, 6) is -0.0419. The molecule has 2 unspecified atom stereocenters. The summed E-state index contributed by atoms with van der Waals surface area (Å²) in [5, 5.41) is 0.495. The lowest BCUT2D eigenvalue weighted by Crippen LogP contribution is -2.21. The summed E-state index contributed by atoms with van der Waals surface area (Å²) in [6, 6.07) is 10.8. The molecule has 0 aliphatic carbocycles. The fourth-order valence-corrected chi connectivity index (χ4v) is 6.79. The van der Waals surface area contributed by atoms with Gasteiger partial charge in [-0.3, -0.25) is 9.59 Å². The summed E-state index contributed by atoms with van der Waals surface area (Å²) in [5.41, 5.74) is 3.96. The number of hydrogen-bond donors (Lipinski definition) is 0. The van der Waals surface area contributed by atoms with Gasteiger partial charge in [-0.15, -0.1) is 0 Å². The highest BCUT2D eigenvalue weighted by Gasteiger charge is 2.37. The molecular weight excluding hydrogens is 431 g/mol. The molecule has 0 saturated heterocycles. The van der Waals surface area contributed by atoms with Crippen molar-refractivity contribution in [3.8, 4) is 0 Å². The Bertz CT molecular complexity index is 1010. The van der Waals surface area contributed by atoms with E-state index in [9.17, 15) is 14.2 Å². The van der Waals surface area contributed by atoms with Crippen molar-refractivity contribution in [3.63, 3.8) is 0 Å². The number of carbonyl (C=O) groups is 2. The van der Waals surface area contributed by atoms with Gasteiger partial charge in [-0.25, -0.2) is 0 Å². The predicted molar refractivity (Wildman–Crippen MR) is 137 cm³/mol. The van der Waals surface area contributed by atoms with E-state index in [0.717, 1.165) is 47.9 Å². The van der Waals surface area contributed by atoms with Gasteiger partial charge in [0.05, 0.1) is 13.0 Å². The molecule has 5 heteroatoms. The quantitative estimate of drug-likeness (QED) is 0.250. The van der Waals surface area contributed by atoms with Crippen molar-refractivity contribution in [2.24, 2.45) is 5.92 Å². The number of esters is 1. The molecule has 4 nitrogen and oxygen atoms in total. The number of aryl methyl sites for hydroxylation is 2. The maximum absolute atomic E-state index is 14.3. The fourth-order valence-electron chi connectivity index (χ4n) is 4.24. The lowest BCUT2D eigenvalue weighted by atomic mass is 9.95. The Kier molecular flexibility index (Phi) is 10.1. The normalized spacial score (nSPS) is 13.9. The first-order valence-corrected chi connectivity index (χ1v) is 14.0. The molecule has 0 aliphatic heterocycles. The predicted octanol–water partition coefficient (Wildman–Crippen LogP) is 6.90. The van der Waals surface area contributed by atoms with Gasteiger partial charge >= 0.3 is 5.97 Å². The third kappa shape index (κ3) is 6.67. The van der Waals surface area contributed by atoms with Crippen LogP contribution in [0.15, 0.2) is 36.4 Å². The smallest absolute Gasteiger partial charge is 0.306 e. The van der Waals surface area contributed by atoms with Gasteiger partial charge in [0, 0.05) is 17.0 Å². The Morgan fingerprint density at radius 1 is 0.970 bits per heavy atom. The molecule has 180 valence electrons. The zero-order chi connectivity index (χ0) is 24.6. The molecule has 0 fully saturated rings. The second kappa shape index (κ2) is 12.3. The molecule has 2 aromatic carbocycles. The Labute approximate surface area is 199 Å². The van der Waals surface area contributed by atoms with E-state index in [2.05, 4.69) is 13.8 Å². The summed E-state index contributed by atoms with van der Waals surface area (Å²) in [7, 11) is -3.54. The molecule has 2 rings (SSSR count). The molecule has 0 saturated carbocycles. The summed E-state index contributed by atoms with van der Waals surface area (Å²) in [6.45, 7) is 12.4. The van der Waals surface area contributed by atoms with E-state index in [1.807, 2.05) is 39.8 Å². The average molecular weight is 471 g/mol. The first kappa shape index (κ1) is 27.1. The van der Waals surface area contributed by atoms with Gasteiger partial charge in [-0.1, -0.05) is 69.5 Å². The monoisotopic (exact) mass is 470 g/mol. The molecule has 2 aromatic rings. The number of rotatable bonds is 12. The third-order valence-corrected chi connectivity index (χ3v) is 9.59. The van der Waals surface area contributed by atoms with Crippen molar-refractivity contribution in [1.82, 2.24) is 0 Å². The lowest BCUT2D eigenvalue weighted by molar-refractivity contribution is -0.144.